The molecule has 1 aliphatic carbocycles. The first kappa shape index (κ1) is 23.1. The molecule has 2 aliphatic rings. The van der Waals surface area contributed by atoms with E-state index in [1.165, 1.54) is 35.9 Å². The third kappa shape index (κ3) is 5.85. The Hall–Kier alpha value is -3.05. The molecule has 1 saturated heterocycles. The van der Waals surface area contributed by atoms with Crippen LogP contribution in [0.15, 0.2) is 42.6 Å². The standard InChI is InChI=1S/C25H26F3N3O2/c26-25(27,28)22-10-4-3-9-21(22)24(32)31-15-13-30(14-16-31)23-12-11-19(18-29-23)6-5-17-33-20-7-1-2-8-20/h3-4,9-12,18,20H,1-2,7-8,13-17H2. The fourth-order valence-electron chi connectivity index (χ4n) is 4.23. The molecule has 0 spiro atoms. The van der Waals surface area contributed by atoms with Crippen LogP contribution in [0.1, 0.15) is 47.2 Å². The highest BCUT2D eigenvalue weighted by Crippen LogP contribution is 2.32. The molecule has 5 nitrogen and oxygen atoms in total. The van der Waals surface area contributed by atoms with Gasteiger partial charge in [0.25, 0.3) is 5.91 Å². The minimum atomic E-state index is -4.56. The largest absolute Gasteiger partial charge is 0.417 e. The number of benzene rings is 1. The van der Waals surface area contributed by atoms with E-state index in [0.717, 1.165) is 30.3 Å². The second-order valence-electron chi connectivity index (χ2n) is 8.25. The molecule has 8 heteroatoms. The highest BCUT2D eigenvalue weighted by Gasteiger charge is 2.36. The molecular weight excluding hydrogens is 431 g/mol. The van der Waals surface area contributed by atoms with Crippen molar-refractivity contribution in [2.24, 2.45) is 0 Å². The molecule has 0 unspecified atom stereocenters. The average molecular weight is 457 g/mol. The molecule has 4 rings (SSSR count). The number of alkyl halides is 3. The van der Waals surface area contributed by atoms with Gasteiger partial charge in [0.05, 0.1) is 17.2 Å². The maximum atomic E-state index is 13.3. The van der Waals surface area contributed by atoms with E-state index in [0.29, 0.717) is 38.9 Å². The number of hydrogen-bond acceptors (Lipinski definition) is 4. The molecule has 1 saturated carbocycles. The van der Waals surface area contributed by atoms with Crippen LogP contribution in [-0.4, -0.2) is 54.7 Å². The molecule has 33 heavy (non-hydrogen) atoms. The zero-order valence-corrected chi connectivity index (χ0v) is 18.3. The number of halogens is 3. The summed E-state index contributed by atoms with van der Waals surface area (Å²) in [5, 5.41) is 0. The van der Waals surface area contributed by atoms with E-state index in [1.807, 2.05) is 17.0 Å². The van der Waals surface area contributed by atoms with E-state index >= 15 is 0 Å². The number of rotatable bonds is 4. The summed E-state index contributed by atoms with van der Waals surface area (Å²) in [6.07, 6.45) is 2.17. The van der Waals surface area contributed by atoms with E-state index < -0.39 is 17.6 Å². The fourth-order valence-corrected chi connectivity index (χ4v) is 4.23. The summed E-state index contributed by atoms with van der Waals surface area (Å²) in [7, 11) is 0. The Bertz CT molecular complexity index is 1010. The lowest BCUT2D eigenvalue weighted by Crippen LogP contribution is -2.49. The van der Waals surface area contributed by atoms with Crippen molar-refractivity contribution in [1.29, 1.82) is 0 Å². The van der Waals surface area contributed by atoms with Crippen LogP contribution < -0.4 is 4.90 Å². The van der Waals surface area contributed by atoms with Crippen molar-refractivity contribution < 1.29 is 22.7 Å². The van der Waals surface area contributed by atoms with E-state index in [1.54, 1.807) is 6.20 Å². The van der Waals surface area contributed by atoms with Gasteiger partial charge < -0.3 is 14.5 Å². The molecule has 2 aromatic rings. The SMILES string of the molecule is O=C(c1ccccc1C(F)(F)F)N1CCN(c2ccc(C#CCOC3CCCC3)cn2)CC1. The topological polar surface area (TPSA) is 45.7 Å². The van der Waals surface area contributed by atoms with Gasteiger partial charge in [0.1, 0.15) is 12.4 Å². The summed E-state index contributed by atoms with van der Waals surface area (Å²) in [6, 6.07) is 8.69. The summed E-state index contributed by atoms with van der Waals surface area (Å²) >= 11 is 0. The van der Waals surface area contributed by atoms with Crippen molar-refractivity contribution in [1.82, 2.24) is 9.88 Å². The highest BCUT2D eigenvalue weighted by atomic mass is 19.4. The van der Waals surface area contributed by atoms with Crippen LogP contribution in [0.25, 0.3) is 0 Å². The number of hydrogen-bond donors (Lipinski definition) is 0. The van der Waals surface area contributed by atoms with Gasteiger partial charge in [-0.05, 0) is 37.1 Å². The van der Waals surface area contributed by atoms with Gasteiger partial charge in [0, 0.05) is 37.9 Å². The lowest BCUT2D eigenvalue weighted by atomic mass is 10.1. The lowest BCUT2D eigenvalue weighted by Gasteiger charge is -2.35. The predicted octanol–water partition coefficient (Wildman–Crippen LogP) is 4.37. The third-order valence-corrected chi connectivity index (χ3v) is 6.03. The van der Waals surface area contributed by atoms with Crippen LogP contribution in [0.3, 0.4) is 0 Å². The van der Waals surface area contributed by atoms with Crippen LogP contribution in [0.4, 0.5) is 19.0 Å². The number of amides is 1. The number of carbonyl (C=O) groups excluding carboxylic acids is 1. The Morgan fingerprint density at radius 3 is 2.45 bits per heavy atom. The third-order valence-electron chi connectivity index (χ3n) is 6.03. The number of carbonyl (C=O) groups is 1. The second kappa shape index (κ2) is 10.3. The molecule has 0 atom stereocenters. The molecule has 2 heterocycles. The van der Waals surface area contributed by atoms with Gasteiger partial charge in [0.2, 0.25) is 0 Å². The molecule has 0 bridgehead atoms. The Morgan fingerprint density at radius 1 is 1.06 bits per heavy atom. The molecule has 1 aromatic carbocycles. The van der Waals surface area contributed by atoms with Crippen LogP contribution in [0.2, 0.25) is 0 Å². The molecule has 0 radical (unpaired) electrons. The van der Waals surface area contributed by atoms with Crippen LogP contribution in [0, 0.1) is 11.8 Å². The van der Waals surface area contributed by atoms with Gasteiger partial charge in [-0.3, -0.25) is 4.79 Å². The van der Waals surface area contributed by atoms with Gasteiger partial charge >= 0.3 is 6.18 Å². The van der Waals surface area contributed by atoms with Gasteiger partial charge in [-0.15, -0.1) is 0 Å². The lowest BCUT2D eigenvalue weighted by molar-refractivity contribution is -0.138. The number of ether oxygens (including phenoxy) is 1. The van der Waals surface area contributed by atoms with Crippen LogP contribution >= 0.6 is 0 Å². The zero-order chi connectivity index (χ0) is 23.3. The van der Waals surface area contributed by atoms with Crippen molar-refractivity contribution in [3.05, 3.63) is 59.3 Å². The summed E-state index contributed by atoms with van der Waals surface area (Å²) in [6.45, 7) is 2.06. The predicted molar refractivity (Wildman–Crippen MR) is 119 cm³/mol. The highest BCUT2D eigenvalue weighted by molar-refractivity contribution is 5.96. The zero-order valence-electron chi connectivity index (χ0n) is 18.3. The number of pyridine rings is 1. The first-order chi connectivity index (χ1) is 15.9. The van der Waals surface area contributed by atoms with Crippen LogP contribution in [0.5, 0.6) is 0 Å². The number of aromatic nitrogens is 1. The Morgan fingerprint density at radius 2 is 1.79 bits per heavy atom. The van der Waals surface area contributed by atoms with Crippen LogP contribution in [-0.2, 0) is 10.9 Å². The Balaban J connectivity index is 1.31. The molecule has 0 N–H and O–H groups in total. The first-order valence-electron chi connectivity index (χ1n) is 11.2. The van der Waals surface area contributed by atoms with E-state index in [2.05, 4.69) is 16.8 Å². The van der Waals surface area contributed by atoms with Crippen molar-refractivity contribution in [3.8, 4) is 11.8 Å². The maximum absolute atomic E-state index is 13.3. The van der Waals surface area contributed by atoms with Gasteiger partial charge in [-0.25, -0.2) is 4.98 Å². The molecule has 2 fully saturated rings. The quantitative estimate of drug-likeness (QED) is 0.640. The van der Waals surface area contributed by atoms with E-state index in [4.69, 9.17) is 4.74 Å². The van der Waals surface area contributed by atoms with Gasteiger partial charge in [-0.2, -0.15) is 13.2 Å². The van der Waals surface area contributed by atoms with Crippen molar-refractivity contribution in [2.75, 3.05) is 37.7 Å². The van der Waals surface area contributed by atoms with Crippen molar-refractivity contribution in [3.63, 3.8) is 0 Å². The first-order valence-corrected chi connectivity index (χ1v) is 11.2. The van der Waals surface area contributed by atoms with Crippen molar-refractivity contribution >= 4 is 11.7 Å². The summed E-state index contributed by atoms with van der Waals surface area (Å²) in [4.78, 5) is 20.7. The number of piperazine rings is 1. The van der Waals surface area contributed by atoms with E-state index in [9.17, 15) is 18.0 Å². The molecule has 1 aromatic heterocycles. The summed E-state index contributed by atoms with van der Waals surface area (Å²) < 4.78 is 45.5. The molecule has 174 valence electrons. The van der Waals surface area contributed by atoms with Crippen molar-refractivity contribution in [2.45, 2.75) is 38.0 Å². The fraction of sp³-hybridized carbons (Fsp3) is 0.440. The normalized spacial score (nSPS) is 17.1. The Labute approximate surface area is 191 Å². The summed E-state index contributed by atoms with van der Waals surface area (Å²) in [5.74, 6) is 6.24. The minimum Gasteiger partial charge on any atom is -0.366 e. The smallest absolute Gasteiger partial charge is 0.366 e. The average Bonchev–Trinajstić information content (AvgIpc) is 3.35. The van der Waals surface area contributed by atoms with Gasteiger partial charge in [0.15, 0.2) is 0 Å². The maximum Gasteiger partial charge on any atom is 0.417 e. The number of anilines is 1. The number of nitrogens with zero attached hydrogens (tertiary/aromatic N) is 3. The minimum absolute atomic E-state index is 0.309. The second-order valence-corrected chi connectivity index (χ2v) is 8.25. The van der Waals surface area contributed by atoms with Gasteiger partial charge in [-0.1, -0.05) is 36.8 Å². The monoisotopic (exact) mass is 457 g/mol. The summed E-state index contributed by atoms with van der Waals surface area (Å²) in [5.41, 5.74) is -0.410. The molecule has 1 amide bonds. The molecular formula is C25H26F3N3O2. The Kier molecular flexibility index (Phi) is 7.19. The van der Waals surface area contributed by atoms with E-state index in [-0.39, 0.29) is 5.56 Å². The molecule has 1 aliphatic heterocycles.